The molecule has 7 rings (SSSR count). The van der Waals surface area contributed by atoms with Crippen LogP contribution in [-0.2, 0) is 16.1 Å². The summed E-state index contributed by atoms with van der Waals surface area (Å²) in [5.74, 6) is -1.01. The zero-order chi connectivity index (χ0) is 31.8. The molecule has 3 heterocycles. The van der Waals surface area contributed by atoms with Crippen LogP contribution >= 0.6 is 22.9 Å². The van der Waals surface area contributed by atoms with E-state index in [0.29, 0.717) is 37.7 Å². The van der Waals surface area contributed by atoms with Gasteiger partial charge in [-0.25, -0.2) is 14.2 Å². The summed E-state index contributed by atoms with van der Waals surface area (Å²) < 4.78 is 23.7. The Hall–Kier alpha value is -5.05. The fraction of sp³-hybridized carbons (Fsp3) is 0.108. The predicted molar refractivity (Wildman–Crippen MR) is 180 cm³/mol. The SMILES string of the molecule is CCOC(=O)C1=C(c2ccccc2)N=c2s/c(=C\c3cn(Cc4ccccc4Cl)c4ccccc34)c(=O)n2[C@H]1c1ccc(F)cc1. The van der Waals surface area contributed by atoms with E-state index in [2.05, 4.69) is 4.57 Å². The number of hydrogen-bond acceptors (Lipinski definition) is 5. The van der Waals surface area contributed by atoms with Crippen LogP contribution in [0.3, 0.4) is 0 Å². The number of aromatic nitrogens is 2. The Labute approximate surface area is 272 Å². The molecule has 0 amide bonds. The summed E-state index contributed by atoms with van der Waals surface area (Å²) in [7, 11) is 0. The number of carbonyl (C=O) groups is 1. The normalized spacial score (nSPS) is 14.8. The van der Waals surface area contributed by atoms with Gasteiger partial charge in [-0.05, 0) is 48.4 Å². The Bertz CT molecular complexity index is 2320. The van der Waals surface area contributed by atoms with Crippen LogP contribution in [0, 0.1) is 5.82 Å². The quantitative estimate of drug-likeness (QED) is 0.181. The van der Waals surface area contributed by atoms with Crippen molar-refractivity contribution >= 4 is 51.6 Å². The van der Waals surface area contributed by atoms with Crippen molar-refractivity contribution in [1.29, 1.82) is 0 Å². The molecule has 6 nitrogen and oxygen atoms in total. The third kappa shape index (κ3) is 5.40. The Balaban J connectivity index is 1.45. The van der Waals surface area contributed by atoms with E-state index in [1.165, 1.54) is 28.0 Å². The highest BCUT2D eigenvalue weighted by Gasteiger charge is 2.35. The van der Waals surface area contributed by atoms with E-state index in [9.17, 15) is 14.0 Å². The van der Waals surface area contributed by atoms with Gasteiger partial charge in [0.15, 0.2) is 4.80 Å². The van der Waals surface area contributed by atoms with Gasteiger partial charge in [0.2, 0.25) is 0 Å². The second-order valence-corrected chi connectivity index (χ2v) is 12.2. The van der Waals surface area contributed by atoms with Crippen LogP contribution < -0.4 is 14.9 Å². The molecule has 0 N–H and O–H groups in total. The van der Waals surface area contributed by atoms with Crippen LogP contribution in [0.15, 0.2) is 125 Å². The fourth-order valence-corrected chi connectivity index (χ4v) is 7.06. The minimum absolute atomic E-state index is 0.142. The zero-order valence-corrected chi connectivity index (χ0v) is 26.3. The molecule has 0 bridgehead atoms. The molecule has 9 heteroatoms. The van der Waals surface area contributed by atoms with E-state index in [-0.39, 0.29) is 17.7 Å². The lowest BCUT2D eigenvalue weighted by molar-refractivity contribution is -0.138. The van der Waals surface area contributed by atoms with Crippen molar-refractivity contribution in [1.82, 2.24) is 9.13 Å². The van der Waals surface area contributed by atoms with Gasteiger partial charge in [0.05, 0.1) is 28.5 Å². The van der Waals surface area contributed by atoms with Crippen LogP contribution in [0.25, 0.3) is 22.7 Å². The van der Waals surface area contributed by atoms with Gasteiger partial charge in [-0.15, -0.1) is 0 Å². The maximum absolute atomic E-state index is 14.3. The molecular weight excluding hydrogens is 621 g/mol. The number of nitrogens with zero attached hydrogens (tertiary/aromatic N) is 3. The van der Waals surface area contributed by atoms with Crippen molar-refractivity contribution in [2.45, 2.75) is 19.5 Å². The largest absolute Gasteiger partial charge is 0.463 e. The first kappa shape index (κ1) is 29.6. The van der Waals surface area contributed by atoms with Gasteiger partial charge >= 0.3 is 5.97 Å². The van der Waals surface area contributed by atoms with E-state index in [0.717, 1.165) is 22.0 Å². The van der Waals surface area contributed by atoms with E-state index < -0.39 is 17.8 Å². The Morgan fingerprint density at radius 3 is 2.46 bits per heavy atom. The fourth-order valence-electron chi connectivity index (χ4n) is 5.87. The molecule has 0 spiro atoms. The molecule has 0 unspecified atom stereocenters. The monoisotopic (exact) mass is 647 g/mol. The summed E-state index contributed by atoms with van der Waals surface area (Å²) in [5.41, 5.74) is 4.44. The van der Waals surface area contributed by atoms with Gasteiger partial charge in [-0.1, -0.05) is 102 Å². The molecule has 0 radical (unpaired) electrons. The predicted octanol–water partition coefficient (Wildman–Crippen LogP) is 6.73. The number of fused-ring (bicyclic) bond motifs is 2. The van der Waals surface area contributed by atoms with E-state index in [1.807, 2.05) is 91.1 Å². The highest BCUT2D eigenvalue weighted by atomic mass is 35.5. The number of para-hydroxylation sites is 1. The molecule has 1 aliphatic heterocycles. The van der Waals surface area contributed by atoms with Crippen molar-refractivity contribution < 1.29 is 13.9 Å². The van der Waals surface area contributed by atoms with Crippen LogP contribution in [0.2, 0.25) is 5.02 Å². The summed E-state index contributed by atoms with van der Waals surface area (Å²) in [4.78, 5) is 33.3. The van der Waals surface area contributed by atoms with Crippen molar-refractivity contribution in [3.63, 3.8) is 0 Å². The molecule has 1 aliphatic rings. The van der Waals surface area contributed by atoms with Crippen LogP contribution in [0.4, 0.5) is 4.39 Å². The molecule has 0 saturated heterocycles. The number of ether oxygens (including phenoxy) is 1. The molecule has 4 aromatic carbocycles. The van der Waals surface area contributed by atoms with Crippen LogP contribution in [-0.4, -0.2) is 21.7 Å². The number of rotatable bonds is 7. The highest BCUT2D eigenvalue weighted by molar-refractivity contribution is 7.07. The van der Waals surface area contributed by atoms with Gasteiger partial charge < -0.3 is 9.30 Å². The Morgan fingerprint density at radius 2 is 1.70 bits per heavy atom. The van der Waals surface area contributed by atoms with Gasteiger partial charge in [-0.2, -0.15) is 0 Å². The average Bonchev–Trinajstić information content (AvgIpc) is 3.58. The van der Waals surface area contributed by atoms with E-state index in [4.69, 9.17) is 21.3 Å². The Morgan fingerprint density at radius 1 is 0.978 bits per heavy atom. The van der Waals surface area contributed by atoms with E-state index in [1.54, 1.807) is 19.1 Å². The molecule has 46 heavy (non-hydrogen) atoms. The van der Waals surface area contributed by atoms with Crippen molar-refractivity contribution in [2.24, 2.45) is 4.99 Å². The number of halogens is 2. The highest BCUT2D eigenvalue weighted by Crippen LogP contribution is 2.35. The molecule has 228 valence electrons. The molecular formula is C37H27ClFN3O3S. The van der Waals surface area contributed by atoms with E-state index >= 15 is 0 Å². The third-order valence-electron chi connectivity index (χ3n) is 7.96. The standard InChI is InChI=1S/C37H27ClFN3O3S/c1-2-45-36(44)32-33(23-10-4-3-5-11-23)40-37-42(34(32)24-16-18-27(39)19-17-24)35(43)31(46-37)20-26-22-41(30-15-9-7-13-28(26)30)21-25-12-6-8-14-29(25)38/h3-20,22,34H,2,21H2,1H3/b31-20-/t34-/m0/s1. The summed E-state index contributed by atoms with van der Waals surface area (Å²) in [6, 6.07) is 30.0. The van der Waals surface area contributed by atoms with Gasteiger partial charge in [0.25, 0.3) is 5.56 Å². The summed E-state index contributed by atoms with van der Waals surface area (Å²) in [5, 5.41) is 1.66. The minimum atomic E-state index is -0.880. The first-order valence-electron chi connectivity index (χ1n) is 14.8. The second-order valence-electron chi connectivity index (χ2n) is 10.8. The molecule has 0 aliphatic carbocycles. The third-order valence-corrected chi connectivity index (χ3v) is 9.32. The lowest BCUT2D eigenvalue weighted by atomic mass is 9.93. The Kier molecular flexibility index (Phi) is 7.98. The van der Waals surface area contributed by atoms with Crippen LogP contribution in [0.1, 0.15) is 35.2 Å². The van der Waals surface area contributed by atoms with Crippen molar-refractivity contribution in [3.05, 3.63) is 168 Å². The second kappa shape index (κ2) is 12.4. The topological polar surface area (TPSA) is 65.6 Å². The number of thiazole rings is 1. The lowest BCUT2D eigenvalue weighted by Gasteiger charge is -2.25. The van der Waals surface area contributed by atoms with Gasteiger partial charge in [0, 0.05) is 39.8 Å². The van der Waals surface area contributed by atoms with Gasteiger partial charge in [-0.3, -0.25) is 9.36 Å². The number of hydrogen-bond donors (Lipinski definition) is 0. The average molecular weight is 648 g/mol. The van der Waals surface area contributed by atoms with Crippen LogP contribution in [0.5, 0.6) is 0 Å². The molecule has 0 saturated carbocycles. The van der Waals surface area contributed by atoms with Crippen molar-refractivity contribution in [3.8, 4) is 0 Å². The van der Waals surface area contributed by atoms with Crippen molar-refractivity contribution in [2.75, 3.05) is 6.61 Å². The van der Waals surface area contributed by atoms with Gasteiger partial charge in [0.1, 0.15) is 5.82 Å². The zero-order valence-electron chi connectivity index (χ0n) is 24.7. The molecule has 0 fully saturated rings. The first-order valence-corrected chi connectivity index (χ1v) is 16.0. The summed E-state index contributed by atoms with van der Waals surface area (Å²) in [6.45, 7) is 2.43. The maximum atomic E-state index is 14.3. The first-order chi connectivity index (χ1) is 22.4. The molecule has 6 aromatic rings. The summed E-state index contributed by atoms with van der Waals surface area (Å²) in [6.07, 6.45) is 3.89. The number of carbonyl (C=O) groups excluding carboxylic acids is 1. The molecule has 1 atom stereocenters. The number of benzene rings is 4. The molecule has 2 aromatic heterocycles. The maximum Gasteiger partial charge on any atom is 0.338 e. The lowest BCUT2D eigenvalue weighted by Crippen LogP contribution is -2.40. The summed E-state index contributed by atoms with van der Waals surface area (Å²) >= 11 is 7.74. The minimum Gasteiger partial charge on any atom is -0.463 e. The smallest absolute Gasteiger partial charge is 0.338 e. The number of esters is 1.